The van der Waals surface area contributed by atoms with E-state index in [2.05, 4.69) is 29.6 Å². The summed E-state index contributed by atoms with van der Waals surface area (Å²) in [5.41, 5.74) is 2.36. The zero-order valence-corrected chi connectivity index (χ0v) is 24.3. The van der Waals surface area contributed by atoms with Gasteiger partial charge in [-0.25, -0.2) is 0 Å². The second-order valence-electron chi connectivity index (χ2n) is 10.9. The molecule has 2 amide bonds. The van der Waals surface area contributed by atoms with Crippen LogP contribution >= 0.6 is 0 Å². The van der Waals surface area contributed by atoms with E-state index in [0.717, 1.165) is 33.2 Å². The number of benzene rings is 5. The Balaban J connectivity index is 1.39. The summed E-state index contributed by atoms with van der Waals surface area (Å²) < 4.78 is 5.96. The summed E-state index contributed by atoms with van der Waals surface area (Å²) in [6, 6.07) is 40.8. The van der Waals surface area contributed by atoms with E-state index < -0.39 is 5.54 Å². The molecule has 0 heterocycles. The number of fused-ring (bicyclic) bond motifs is 1. The fourth-order valence-corrected chi connectivity index (χ4v) is 5.33. The second kappa shape index (κ2) is 12.7. The summed E-state index contributed by atoms with van der Waals surface area (Å²) in [7, 11) is 1.81. The molecule has 5 nitrogen and oxygen atoms in total. The highest BCUT2D eigenvalue weighted by Gasteiger charge is 2.39. The van der Waals surface area contributed by atoms with Gasteiger partial charge >= 0.3 is 0 Å². The number of ether oxygens (including phenoxy) is 1. The minimum absolute atomic E-state index is 0.170. The van der Waals surface area contributed by atoms with Crippen molar-refractivity contribution in [1.82, 2.24) is 10.2 Å². The van der Waals surface area contributed by atoms with Gasteiger partial charge in [0.2, 0.25) is 5.91 Å². The van der Waals surface area contributed by atoms with Crippen molar-refractivity contribution in [2.45, 2.75) is 38.5 Å². The molecule has 0 saturated heterocycles. The monoisotopic (exact) mass is 556 g/mol. The van der Waals surface area contributed by atoms with Gasteiger partial charge in [-0.05, 0) is 65.6 Å². The number of rotatable bonds is 10. The lowest BCUT2D eigenvalue weighted by Crippen LogP contribution is -2.58. The van der Waals surface area contributed by atoms with Gasteiger partial charge in [0.05, 0.1) is 6.04 Å². The number of nitrogens with one attached hydrogen (secondary N) is 1. The normalized spacial score (nSPS) is 13.1. The highest BCUT2D eigenvalue weighted by atomic mass is 16.5. The van der Waals surface area contributed by atoms with Crippen molar-refractivity contribution in [3.05, 3.63) is 150 Å². The molecule has 0 aliphatic carbocycles. The SMILES string of the molecule is C[C@H](c1cccc2ccccc12)N(C)C(=O)[C@](C)(Cc1ccc(OCc2ccccc2)cc1)NC(=O)c1ccccc1. The van der Waals surface area contributed by atoms with Gasteiger partial charge in [-0.3, -0.25) is 9.59 Å². The van der Waals surface area contributed by atoms with Gasteiger partial charge < -0.3 is 15.0 Å². The Hall–Kier alpha value is -4.90. The molecule has 2 atom stereocenters. The molecule has 0 aliphatic heterocycles. The molecule has 0 aromatic heterocycles. The first kappa shape index (κ1) is 28.6. The van der Waals surface area contributed by atoms with Gasteiger partial charge in [0, 0.05) is 19.0 Å². The molecule has 0 bridgehead atoms. The van der Waals surface area contributed by atoms with Crippen molar-refractivity contribution in [3.63, 3.8) is 0 Å². The highest BCUT2D eigenvalue weighted by molar-refractivity contribution is 5.99. The van der Waals surface area contributed by atoms with Crippen LogP contribution in [-0.2, 0) is 17.8 Å². The lowest BCUT2D eigenvalue weighted by atomic mass is 9.89. The van der Waals surface area contributed by atoms with Crippen molar-refractivity contribution < 1.29 is 14.3 Å². The molecule has 5 rings (SSSR count). The van der Waals surface area contributed by atoms with Gasteiger partial charge in [0.1, 0.15) is 17.9 Å². The van der Waals surface area contributed by atoms with Crippen LogP contribution in [0.15, 0.2) is 127 Å². The smallest absolute Gasteiger partial charge is 0.252 e. The lowest BCUT2D eigenvalue weighted by molar-refractivity contribution is -0.138. The topological polar surface area (TPSA) is 58.6 Å². The van der Waals surface area contributed by atoms with Crippen LogP contribution in [0.25, 0.3) is 10.8 Å². The van der Waals surface area contributed by atoms with Crippen LogP contribution in [-0.4, -0.2) is 29.3 Å². The summed E-state index contributed by atoms with van der Waals surface area (Å²) >= 11 is 0. The van der Waals surface area contributed by atoms with E-state index in [1.807, 2.05) is 112 Å². The van der Waals surface area contributed by atoms with E-state index in [1.54, 1.807) is 17.0 Å². The number of nitrogens with zero attached hydrogens (tertiary/aromatic N) is 1. The number of hydrogen-bond donors (Lipinski definition) is 1. The molecule has 5 aromatic rings. The maximum absolute atomic E-state index is 14.3. The van der Waals surface area contributed by atoms with Gasteiger partial charge in [0.15, 0.2) is 0 Å². The van der Waals surface area contributed by atoms with E-state index in [4.69, 9.17) is 4.74 Å². The van der Waals surface area contributed by atoms with Gasteiger partial charge in [0.25, 0.3) is 5.91 Å². The molecule has 1 N–H and O–H groups in total. The molecule has 0 saturated carbocycles. The van der Waals surface area contributed by atoms with Crippen molar-refractivity contribution in [2.75, 3.05) is 7.05 Å². The fraction of sp³-hybridized carbons (Fsp3) is 0.189. The van der Waals surface area contributed by atoms with Crippen LogP contribution in [0.5, 0.6) is 5.75 Å². The molecular formula is C37H36N2O3. The molecule has 0 radical (unpaired) electrons. The van der Waals surface area contributed by atoms with E-state index in [1.165, 1.54) is 0 Å². The third kappa shape index (κ3) is 6.52. The molecule has 0 unspecified atom stereocenters. The largest absolute Gasteiger partial charge is 0.489 e. The van der Waals surface area contributed by atoms with Crippen LogP contribution in [0.1, 0.15) is 46.9 Å². The number of carbonyl (C=O) groups excluding carboxylic acids is 2. The summed E-state index contributed by atoms with van der Waals surface area (Å²) in [5, 5.41) is 5.31. The summed E-state index contributed by atoms with van der Waals surface area (Å²) in [4.78, 5) is 29.4. The van der Waals surface area contributed by atoms with E-state index in [9.17, 15) is 9.59 Å². The third-order valence-electron chi connectivity index (χ3n) is 7.80. The molecule has 5 heteroatoms. The standard InChI is InChI=1S/C37H36N2O3/c1-27(33-20-12-18-30-15-10-11-19-34(30)33)39(3)36(41)37(2,38-35(40)31-16-8-5-9-17-31)25-28-21-23-32(24-22-28)42-26-29-13-6-4-7-14-29/h4-24,27H,25-26H2,1-3H3,(H,38,40)/t27-,37+/m1/s1. The number of likely N-dealkylation sites (N-methyl/N-ethyl adjacent to an activating group) is 1. The Morgan fingerprint density at radius 2 is 1.38 bits per heavy atom. The summed E-state index contributed by atoms with van der Waals surface area (Å²) in [6.45, 7) is 4.31. The predicted octanol–water partition coefficient (Wildman–Crippen LogP) is 7.37. The van der Waals surface area contributed by atoms with Crippen LogP contribution in [0.2, 0.25) is 0 Å². The quantitative estimate of drug-likeness (QED) is 0.195. The first-order valence-corrected chi connectivity index (χ1v) is 14.2. The lowest BCUT2D eigenvalue weighted by Gasteiger charge is -2.37. The zero-order chi connectivity index (χ0) is 29.5. The molecule has 0 spiro atoms. The Kier molecular flexibility index (Phi) is 8.68. The Morgan fingerprint density at radius 1 is 0.762 bits per heavy atom. The Bertz CT molecular complexity index is 1650. The number of amides is 2. The van der Waals surface area contributed by atoms with E-state index >= 15 is 0 Å². The van der Waals surface area contributed by atoms with E-state index in [-0.39, 0.29) is 17.9 Å². The fourth-order valence-electron chi connectivity index (χ4n) is 5.33. The van der Waals surface area contributed by atoms with Crippen molar-refractivity contribution >= 4 is 22.6 Å². The Morgan fingerprint density at radius 3 is 2.10 bits per heavy atom. The third-order valence-corrected chi connectivity index (χ3v) is 7.80. The van der Waals surface area contributed by atoms with Crippen molar-refractivity contribution in [2.24, 2.45) is 0 Å². The summed E-state index contributed by atoms with van der Waals surface area (Å²) in [6.07, 6.45) is 0.315. The predicted molar refractivity (Wildman–Crippen MR) is 168 cm³/mol. The Labute approximate surface area is 247 Å². The first-order valence-electron chi connectivity index (χ1n) is 14.2. The van der Waals surface area contributed by atoms with Gasteiger partial charge in [-0.15, -0.1) is 0 Å². The second-order valence-corrected chi connectivity index (χ2v) is 10.9. The van der Waals surface area contributed by atoms with Crippen LogP contribution < -0.4 is 10.1 Å². The molecule has 42 heavy (non-hydrogen) atoms. The minimum Gasteiger partial charge on any atom is -0.489 e. The van der Waals surface area contributed by atoms with Gasteiger partial charge in [-0.1, -0.05) is 103 Å². The van der Waals surface area contributed by atoms with Crippen LogP contribution in [0.4, 0.5) is 0 Å². The highest BCUT2D eigenvalue weighted by Crippen LogP contribution is 2.30. The number of carbonyl (C=O) groups is 2. The molecule has 0 fully saturated rings. The number of hydrogen-bond acceptors (Lipinski definition) is 3. The van der Waals surface area contributed by atoms with E-state index in [0.29, 0.717) is 18.6 Å². The molecule has 0 aliphatic rings. The minimum atomic E-state index is -1.20. The molecule has 5 aromatic carbocycles. The maximum Gasteiger partial charge on any atom is 0.252 e. The average molecular weight is 557 g/mol. The molecule has 212 valence electrons. The molecular weight excluding hydrogens is 520 g/mol. The summed E-state index contributed by atoms with van der Waals surface area (Å²) in [5.74, 6) is 0.280. The van der Waals surface area contributed by atoms with Crippen molar-refractivity contribution in [3.8, 4) is 5.75 Å². The average Bonchev–Trinajstić information content (AvgIpc) is 3.04. The van der Waals surface area contributed by atoms with Crippen molar-refractivity contribution in [1.29, 1.82) is 0 Å². The van der Waals surface area contributed by atoms with Gasteiger partial charge in [-0.2, -0.15) is 0 Å². The van der Waals surface area contributed by atoms with Crippen LogP contribution in [0.3, 0.4) is 0 Å². The van der Waals surface area contributed by atoms with Crippen LogP contribution in [0, 0.1) is 0 Å². The maximum atomic E-state index is 14.3. The zero-order valence-electron chi connectivity index (χ0n) is 24.3. The first-order chi connectivity index (χ1) is 20.3.